The molecule has 0 aromatic carbocycles. The number of hydrazine groups is 1. The van der Waals surface area contributed by atoms with Crippen LogP contribution in [0.5, 0.6) is 0 Å². The first-order valence-corrected chi connectivity index (χ1v) is 8.45. The highest BCUT2D eigenvalue weighted by molar-refractivity contribution is 7.89. The Morgan fingerprint density at radius 3 is 2.90 bits per heavy atom. The molecule has 2 aromatic rings. The summed E-state index contributed by atoms with van der Waals surface area (Å²) in [6.07, 6.45) is 4.90. The Hall–Kier alpha value is -1.64. The van der Waals surface area contributed by atoms with Gasteiger partial charge < -0.3 is 5.43 Å². The molecule has 2 aromatic heterocycles. The summed E-state index contributed by atoms with van der Waals surface area (Å²) in [5.41, 5.74) is 2.89. The van der Waals surface area contributed by atoms with E-state index in [9.17, 15) is 8.42 Å². The summed E-state index contributed by atoms with van der Waals surface area (Å²) in [4.78, 5) is 4.19. The van der Waals surface area contributed by atoms with E-state index in [0.29, 0.717) is 11.6 Å². The summed E-state index contributed by atoms with van der Waals surface area (Å²) in [5, 5.41) is 0.0447. The average molecular weight is 309 g/mol. The lowest BCUT2D eigenvalue weighted by Crippen LogP contribution is -2.34. The van der Waals surface area contributed by atoms with Crippen LogP contribution < -0.4 is 16.0 Å². The van der Waals surface area contributed by atoms with Crippen LogP contribution in [0.4, 0.5) is 5.82 Å². The number of anilines is 1. The van der Waals surface area contributed by atoms with Crippen molar-refractivity contribution in [1.29, 1.82) is 0 Å². The number of aromatic nitrogens is 2. The van der Waals surface area contributed by atoms with Crippen molar-refractivity contribution >= 4 is 21.5 Å². The molecule has 2 heterocycles. The van der Waals surface area contributed by atoms with Crippen LogP contribution in [0.15, 0.2) is 29.4 Å². The number of hydrogen-bond donors (Lipinski definition) is 3. The molecule has 4 N–H and O–H groups in total. The van der Waals surface area contributed by atoms with Crippen LogP contribution in [-0.2, 0) is 10.0 Å². The van der Waals surface area contributed by atoms with Crippen LogP contribution in [-0.4, -0.2) is 23.8 Å². The molecule has 1 fully saturated rings. The van der Waals surface area contributed by atoms with Gasteiger partial charge in [0, 0.05) is 12.2 Å². The summed E-state index contributed by atoms with van der Waals surface area (Å²) >= 11 is 0. The van der Waals surface area contributed by atoms with E-state index in [4.69, 9.17) is 5.84 Å². The van der Waals surface area contributed by atoms with E-state index in [-0.39, 0.29) is 16.9 Å². The first-order chi connectivity index (χ1) is 10.0. The maximum absolute atomic E-state index is 12.6. The zero-order valence-corrected chi connectivity index (χ0v) is 12.6. The van der Waals surface area contributed by atoms with Crippen LogP contribution in [0.3, 0.4) is 0 Å². The first-order valence-electron chi connectivity index (χ1n) is 6.97. The number of hydrogen-bond acceptors (Lipinski definition) is 5. The predicted octanol–water partition coefficient (Wildman–Crippen LogP) is 1.09. The standard InChI is InChI=1S/C13H19N5O2S/c1-9(8-10-5-6-10)17-21(19,20)13-12(16-14)15-11-4-2-3-7-18(11)13/h2-4,7,9-10,16-17H,5-6,8,14H2,1H3. The van der Waals surface area contributed by atoms with Gasteiger partial charge in [-0.1, -0.05) is 18.9 Å². The normalized spacial score (nSPS) is 17.0. The molecule has 0 aliphatic heterocycles. The van der Waals surface area contributed by atoms with Crippen molar-refractivity contribution in [3.8, 4) is 0 Å². The second-order valence-electron chi connectivity index (χ2n) is 5.54. The van der Waals surface area contributed by atoms with Crippen molar-refractivity contribution in [3.05, 3.63) is 24.4 Å². The van der Waals surface area contributed by atoms with Gasteiger partial charge in [0.05, 0.1) is 0 Å². The highest BCUT2D eigenvalue weighted by atomic mass is 32.2. The smallest absolute Gasteiger partial charge is 0.260 e. The van der Waals surface area contributed by atoms with Gasteiger partial charge in [-0.2, -0.15) is 0 Å². The van der Waals surface area contributed by atoms with Crippen LogP contribution >= 0.6 is 0 Å². The molecular weight excluding hydrogens is 290 g/mol. The number of nitrogens with one attached hydrogen (secondary N) is 2. The molecule has 1 unspecified atom stereocenters. The fraction of sp³-hybridized carbons (Fsp3) is 0.462. The summed E-state index contributed by atoms with van der Waals surface area (Å²) in [6, 6.07) is 5.17. The molecule has 0 radical (unpaired) electrons. The van der Waals surface area contributed by atoms with Crippen molar-refractivity contribution in [2.24, 2.45) is 11.8 Å². The quantitative estimate of drug-likeness (QED) is 0.547. The number of rotatable bonds is 6. The third-order valence-corrected chi connectivity index (χ3v) is 5.23. The lowest BCUT2D eigenvalue weighted by Gasteiger charge is -2.14. The fourth-order valence-electron chi connectivity index (χ4n) is 2.55. The van der Waals surface area contributed by atoms with Gasteiger partial charge in [-0.3, -0.25) is 4.40 Å². The second kappa shape index (κ2) is 5.28. The average Bonchev–Trinajstić information content (AvgIpc) is 3.14. The Morgan fingerprint density at radius 2 is 2.24 bits per heavy atom. The molecule has 1 aliphatic carbocycles. The Bertz CT molecular complexity index is 751. The Morgan fingerprint density at radius 1 is 1.48 bits per heavy atom. The Labute approximate surface area is 123 Å². The zero-order valence-electron chi connectivity index (χ0n) is 11.8. The monoisotopic (exact) mass is 309 g/mol. The highest BCUT2D eigenvalue weighted by Gasteiger charge is 2.29. The van der Waals surface area contributed by atoms with Crippen LogP contribution in [0.1, 0.15) is 26.2 Å². The van der Waals surface area contributed by atoms with Gasteiger partial charge in [-0.05, 0) is 31.4 Å². The number of sulfonamides is 1. The highest BCUT2D eigenvalue weighted by Crippen LogP contribution is 2.33. The molecule has 1 saturated carbocycles. The van der Waals surface area contributed by atoms with E-state index < -0.39 is 10.0 Å². The van der Waals surface area contributed by atoms with Crippen molar-refractivity contribution in [3.63, 3.8) is 0 Å². The van der Waals surface area contributed by atoms with Gasteiger partial charge in [0.25, 0.3) is 10.0 Å². The van der Waals surface area contributed by atoms with E-state index in [1.807, 2.05) is 6.92 Å². The molecule has 1 atom stereocenters. The third-order valence-electron chi connectivity index (χ3n) is 3.62. The largest absolute Gasteiger partial charge is 0.306 e. The number of fused-ring (bicyclic) bond motifs is 1. The van der Waals surface area contributed by atoms with Crippen molar-refractivity contribution in [2.45, 2.75) is 37.3 Å². The van der Waals surface area contributed by atoms with Crippen LogP contribution in [0, 0.1) is 5.92 Å². The molecule has 21 heavy (non-hydrogen) atoms. The zero-order chi connectivity index (χ0) is 15.0. The fourth-order valence-corrected chi connectivity index (χ4v) is 4.06. The lowest BCUT2D eigenvalue weighted by atomic mass is 10.2. The Balaban J connectivity index is 1.96. The predicted molar refractivity (Wildman–Crippen MR) is 80.1 cm³/mol. The van der Waals surface area contributed by atoms with Gasteiger partial charge in [0.1, 0.15) is 5.65 Å². The van der Waals surface area contributed by atoms with Crippen molar-refractivity contribution in [2.75, 3.05) is 5.43 Å². The third kappa shape index (κ3) is 2.87. The van der Waals surface area contributed by atoms with Gasteiger partial charge in [-0.25, -0.2) is 24.0 Å². The Kier molecular flexibility index (Phi) is 3.60. The van der Waals surface area contributed by atoms with Gasteiger partial charge in [0.15, 0.2) is 10.8 Å². The minimum Gasteiger partial charge on any atom is -0.306 e. The van der Waals surface area contributed by atoms with Gasteiger partial charge >= 0.3 is 0 Å². The minimum atomic E-state index is -3.70. The molecule has 114 valence electrons. The number of pyridine rings is 1. The van der Waals surface area contributed by atoms with E-state index in [0.717, 1.165) is 6.42 Å². The molecule has 0 bridgehead atoms. The van der Waals surface area contributed by atoms with E-state index in [2.05, 4.69) is 15.1 Å². The minimum absolute atomic E-state index is 0.0447. The van der Waals surface area contributed by atoms with Crippen molar-refractivity contribution in [1.82, 2.24) is 14.1 Å². The molecule has 0 amide bonds. The van der Waals surface area contributed by atoms with E-state index in [1.165, 1.54) is 17.2 Å². The van der Waals surface area contributed by atoms with E-state index >= 15 is 0 Å². The summed E-state index contributed by atoms with van der Waals surface area (Å²) in [5.74, 6) is 6.21. The first kappa shape index (κ1) is 14.3. The number of nitrogens with two attached hydrogens (primary N) is 1. The lowest BCUT2D eigenvalue weighted by molar-refractivity contribution is 0.527. The van der Waals surface area contributed by atoms with Gasteiger partial charge in [0.2, 0.25) is 0 Å². The number of imidazole rings is 1. The summed E-state index contributed by atoms with van der Waals surface area (Å²) in [7, 11) is -3.70. The molecular formula is C13H19N5O2S. The molecule has 8 heteroatoms. The summed E-state index contributed by atoms with van der Waals surface area (Å²) in [6.45, 7) is 1.88. The summed E-state index contributed by atoms with van der Waals surface area (Å²) < 4.78 is 29.5. The van der Waals surface area contributed by atoms with Crippen molar-refractivity contribution < 1.29 is 8.42 Å². The second-order valence-corrected chi connectivity index (χ2v) is 7.17. The number of nitrogen functional groups attached to an aromatic ring is 1. The van der Waals surface area contributed by atoms with E-state index in [1.54, 1.807) is 24.4 Å². The molecule has 3 rings (SSSR count). The topological polar surface area (TPSA) is 102 Å². The molecule has 0 spiro atoms. The van der Waals surface area contributed by atoms with Gasteiger partial charge in [-0.15, -0.1) is 0 Å². The maximum Gasteiger partial charge on any atom is 0.260 e. The molecule has 7 nitrogen and oxygen atoms in total. The number of nitrogens with zero attached hydrogens (tertiary/aromatic N) is 2. The maximum atomic E-state index is 12.6. The SMILES string of the molecule is CC(CC1CC1)NS(=O)(=O)c1c(NN)nc2ccccn12. The van der Waals surface area contributed by atoms with Crippen LogP contribution in [0.25, 0.3) is 5.65 Å². The molecule has 0 saturated heterocycles. The van der Waals surface area contributed by atoms with Crippen LogP contribution in [0.2, 0.25) is 0 Å². The molecule has 1 aliphatic rings.